The molecule has 1 unspecified atom stereocenters. The van der Waals surface area contributed by atoms with Gasteiger partial charge in [-0.15, -0.1) is 0 Å². The van der Waals surface area contributed by atoms with E-state index in [4.69, 9.17) is 9.47 Å². The molecule has 0 amide bonds. The molecule has 3 nitrogen and oxygen atoms in total. The lowest BCUT2D eigenvalue weighted by Crippen LogP contribution is -2.36. The monoisotopic (exact) mass is 273 g/mol. The molecule has 0 saturated carbocycles. The summed E-state index contributed by atoms with van der Waals surface area (Å²) in [6, 6.07) is 7.92. The van der Waals surface area contributed by atoms with E-state index < -0.39 is 0 Å². The van der Waals surface area contributed by atoms with Gasteiger partial charge in [0, 0.05) is 19.5 Å². The van der Waals surface area contributed by atoms with Gasteiger partial charge in [-0.1, -0.05) is 12.1 Å². The van der Waals surface area contributed by atoms with E-state index in [-0.39, 0.29) is 0 Å². The molecule has 2 aliphatic rings. The minimum Gasteiger partial charge on any atom is -0.493 e. The topological polar surface area (TPSA) is 21.7 Å². The SMILES string of the molecule is COc1ccccc1OC1=C2CCN(C)CC2CCC1. The first-order valence-corrected chi connectivity index (χ1v) is 7.49. The van der Waals surface area contributed by atoms with Crippen LogP contribution in [0.2, 0.25) is 0 Å². The van der Waals surface area contributed by atoms with Gasteiger partial charge in [0.15, 0.2) is 11.5 Å². The number of hydrogen-bond acceptors (Lipinski definition) is 3. The highest BCUT2D eigenvalue weighted by Crippen LogP contribution is 2.38. The Morgan fingerprint density at radius 3 is 2.75 bits per heavy atom. The largest absolute Gasteiger partial charge is 0.493 e. The molecule has 3 rings (SSSR count). The Kier molecular flexibility index (Phi) is 3.97. The fraction of sp³-hybridized carbons (Fsp3) is 0.529. The lowest BCUT2D eigenvalue weighted by molar-refractivity contribution is 0.220. The number of allylic oxidation sites excluding steroid dienone is 1. The maximum Gasteiger partial charge on any atom is 0.168 e. The second-order valence-electron chi connectivity index (χ2n) is 5.80. The van der Waals surface area contributed by atoms with Crippen LogP contribution in [-0.4, -0.2) is 32.1 Å². The van der Waals surface area contributed by atoms with Crippen LogP contribution in [0.25, 0.3) is 0 Å². The van der Waals surface area contributed by atoms with Gasteiger partial charge >= 0.3 is 0 Å². The summed E-state index contributed by atoms with van der Waals surface area (Å²) in [4.78, 5) is 2.43. The van der Waals surface area contributed by atoms with Crippen LogP contribution in [0.1, 0.15) is 25.7 Å². The van der Waals surface area contributed by atoms with E-state index in [2.05, 4.69) is 11.9 Å². The van der Waals surface area contributed by atoms with E-state index in [0.717, 1.165) is 30.9 Å². The van der Waals surface area contributed by atoms with Crippen LogP contribution in [0.5, 0.6) is 11.5 Å². The summed E-state index contributed by atoms with van der Waals surface area (Å²) in [7, 11) is 3.91. The summed E-state index contributed by atoms with van der Waals surface area (Å²) in [5, 5.41) is 0. The van der Waals surface area contributed by atoms with Crippen LogP contribution in [-0.2, 0) is 0 Å². The number of fused-ring (bicyclic) bond motifs is 1. The van der Waals surface area contributed by atoms with Crippen molar-refractivity contribution in [3.63, 3.8) is 0 Å². The maximum atomic E-state index is 6.22. The fourth-order valence-corrected chi connectivity index (χ4v) is 3.35. The van der Waals surface area contributed by atoms with Gasteiger partial charge in [-0.2, -0.15) is 0 Å². The van der Waals surface area contributed by atoms with Gasteiger partial charge < -0.3 is 14.4 Å². The van der Waals surface area contributed by atoms with E-state index in [1.165, 1.54) is 25.1 Å². The molecule has 1 fully saturated rings. The Labute approximate surface area is 121 Å². The van der Waals surface area contributed by atoms with Crippen molar-refractivity contribution >= 4 is 0 Å². The van der Waals surface area contributed by atoms with Crippen molar-refractivity contribution in [1.29, 1.82) is 0 Å². The van der Waals surface area contributed by atoms with Crippen LogP contribution >= 0.6 is 0 Å². The fourth-order valence-electron chi connectivity index (χ4n) is 3.35. The number of nitrogens with zero attached hydrogens (tertiary/aromatic N) is 1. The van der Waals surface area contributed by atoms with Crippen LogP contribution < -0.4 is 9.47 Å². The molecule has 1 atom stereocenters. The van der Waals surface area contributed by atoms with Gasteiger partial charge in [0.1, 0.15) is 5.76 Å². The van der Waals surface area contributed by atoms with Crippen molar-refractivity contribution in [2.45, 2.75) is 25.7 Å². The van der Waals surface area contributed by atoms with Crippen molar-refractivity contribution in [1.82, 2.24) is 4.90 Å². The maximum absolute atomic E-state index is 6.22. The zero-order valence-electron chi connectivity index (χ0n) is 12.4. The van der Waals surface area contributed by atoms with Gasteiger partial charge in [0.25, 0.3) is 0 Å². The quantitative estimate of drug-likeness (QED) is 0.842. The third-order valence-electron chi connectivity index (χ3n) is 4.40. The summed E-state index contributed by atoms with van der Waals surface area (Å²) in [6.45, 7) is 2.32. The van der Waals surface area contributed by atoms with Crippen molar-refractivity contribution < 1.29 is 9.47 Å². The number of para-hydroxylation sites is 2. The highest BCUT2D eigenvalue weighted by Gasteiger charge is 2.29. The van der Waals surface area contributed by atoms with Crippen molar-refractivity contribution in [3.8, 4) is 11.5 Å². The molecular weight excluding hydrogens is 250 g/mol. The van der Waals surface area contributed by atoms with Gasteiger partial charge in [0.2, 0.25) is 0 Å². The Balaban J connectivity index is 1.85. The molecular formula is C17H23NO2. The van der Waals surface area contributed by atoms with E-state index in [9.17, 15) is 0 Å². The summed E-state index contributed by atoms with van der Waals surface area (Å²) < 4.78 is 11.6. The highest BCUT2D eigenvalue weighted by atomic mass is 16.5. The lowest BCUT2D eigenvalue weighted by Gasteiger charge is -2.36. The Morgan fingerprint density at radius 1 is 1.15 bits per heavy atom. The average molecular weight is 273 g/mol. The summed E-state index contributed by atoms with van der Waals surface area (Å²) in [5.41, 5.74) is 1.54. The third kappa shape index (κ3) is 2.68. The molecule has 1 aliphatic heterocycles. The number of benzene rings is 1. The minimum atomic E-state index is 0.687. The molecule has 3 heteroatoms. The first-order chi connectivity index (χ1) is 9.78. The Hall–Kier alpha value is -1.48. The number of rotatable bonds is 3. The number of ether oxygens (including phenoxy) is 2. The third-order valence-corrected chi connectivity index (χ3v) is 4.40. The first kappa shape index (κ1) is 13.5. The molecule has 1 saturated heterocycles. The summed E-state index contributed by atoms with van der Waals surface area (Å²) in [5.74, 6) is 3.54. The van der Waals surface area contributed by atoms with Crippen molar-refractivity contribution in [2.75, 3.05) is 27.2 Å². The normalized spacial score (nSPS) is 23.4. The number of methoxy groups -OCH3 is 1. The van der Waals surface area contributed by atoms with E-state index in [0.29, 0.717) is 5.92 Å². The Morgan fingerprint density at radius 2 is 1.95 bits per heavy atom. The molecule has 108 valence electrons. The van der Waals surface area contributed by atoms with E-state index in [1.54, 1.807) is 12.7 Å². The van der Waals surface area contributed by atoms with Gasteiger partial charge in [-0.25, -0.2) is 0 Å². The molecule has 0 bridgehead atoms. The molecule has 0 radical (unpaired) electrons. The van der Waals surface area contributed by atoms with Gasteiger partial charge in [0.05, 0.1) is 7.11 Å². The summed E-state index contributed by atoms with van der Waals surface area (Å²) >= 11 is 0. The molecule has 20 heavy (non-hydrogen) atoms. The molecule has 0 aromatic heterocycles. The zero-order chi connectivity index (χ0) is 13.9. The van der Waals surface area contributed by atoms with Crippen LogP contribution in [0.15, 0.2) is 35.6 Å². The molecule has 0 N–H and O–H groups in total. The number of likely N-dealkylation sites (tertiary alicyclic amines) is 1. The number of hydrogen-bond donors (Lipinski definition) is 0. The molecule has 0 spiro atoms. The molecule has 1 aromatic rings. The minimum absolute atomic E-state index is 0.687. The summed E-state index contributed by atoms with van der Waals surface area (Å²) in [6.07, 6.45) is 4.74. The van der Waals surface area contributed by atoms with E-state index >= 15 is 0 Å². The van der Waals surface area contributed by atoms with Crippen LogP contribution in [0, 0.1) is 5.92 Å². The highest BCUT2D eigenvalue weighted by molar-refractivity contribution is 5.41. The van der Waals surface area contributed by atoms with Crippen LogP contribution in [0.3, 0.4) is 0 Å². The predicted octanol–water partition coefficient (Wildman–Crippen LogP) is 3.46. The molecule has 1 aliphatic carbocycles. The standard InChI is InChI=1S/C17H23NO2/c1-18-11-10-14-13(12-18)6-5-9-15(14)20-17-8-4-3-7-16(17)19-2/h3-4,7-8,13H,5-6,9-12H2,1-2H3. The second-order valence-corrected chi connectivity index (χ2v) is 5.80. The lowest BCUT2D eigenvalue weighted by atomic mass is 9.82. The average Bonchev–Trinajstić information content (AvgIpc) is 2.47. The van der Waals surface area contributed by atoms with Gasteiger partial charge in [-0.05, 0) is 49.9 Å². The Bertz CT molecular complexity index is 509. The van der Waals surface area contributed by atoms with Crippen molar-refractivity contribution in [3.05, 3.63) is 35.6 Å². The smallest absolute Gasteiger partial charge is 0.168 e. The number of piperidine rings is 1. The molecule has 1 heterocycles. The predicted molar refractivity (Wildman–Crippen MR) is 80.1 cm³/mol. The molecule has 1 aromatic carbocycles. The zero-order valence-corrected chi connectivity index (χ0v) is 12.4. The van der Waals surface area contributed by atoms with Crippen LogP contribution in [0.4, 0.5) is 0 Å². The van der Waals surface area contributed by atoms with Crippen molar-refractivity contribution in [2.24, 2.45) is 5.92 Å². The second kappa shape index (κ2) is 5.88. The first-order valence-electron chi connectivity index (χ1n) is 7.49. The van der Waals surface area contributed by atoms with Gasteiger partial charge in [-0.3, -0.25) is 0 Å². The van der Waals surface area contributed by atoms with E-state index in [1.807, 2.05) is 24.3 Å².